The molecule has 10 heteroatoms. The fourth-order valence-corrected chi connectivity index (χ4v) is 4.11. The highest BCUT2D eigenvalue weighted by Gasteiger charge is 2.24. The van der Waals surface area contributed by atoms with Crippen molar-refractivity contribution in [2.45, 2.75) is 33.4 Å². The average molecular weight is 440 g/mol. The van der Waals surface area contributed by atoms with Gasteiger partial charge in [-0.2, -0.15) is 5.10 Å². The van der Waals surface area contributed by atoms with E-state index in [1.54, 1.807) is 18.5 Å². The number of carbonyl (C=O) groups is 1. The molecule has 0 atom stereocenters. The van der Waals surface area contributed by atoms with Gasteiger partial charge in [0.05, 0.1) is 11.5 Å². The topological polar surface area (TPSA) is 84.5 Å². The zero-order valence-electron chi connectivity index (χ0n) is 16.4. The van der Waals surface area contributed by atoms with E-state index >= 15 is 0 Å². The highest BCUT2D eigenvalue weighted by molar-refractivity contribution is 6.35. The predicted molar refractivity (Wildman–Crippen MR) is 111 cm³/mol. The standard InChI is InChI=1S/C19H23Cl2N5O3/c1-13-19(26(28)29)14(2)25(22-13)7-6-18(27)24-10-8-23(9-11-24)12-15-16(20)4-3-5-17(15)21/h3-5H,6-12H2,1-2H3. The van der Waals surface area contributed by atoms with Crippen LogP contribution in [0.5, 0.6) is 0 Å². The molecule has 1 aromatic heterocycles. The minimum absolute atomic E-state index is 0.0179. The van der Waals surface area contributed by atoms with Crippen LogP contribution >= 0.6 is 23.2 Å². The first-order valence-electron chi connectivity index (χ1n) is 9.39. The molecule has 1 saturated heterocycles. The maximum absolute atomic E-state index is 12.6. The highest BCUT2D eigenvalue weighted by atomic mass is 35.5. The van der Waals surface area contributed by atoms with Gasteiger partial charge >= 0.3 is 5.69 Å². The van der Waals surface area contributed by atoms with E-state index in [9.17, 15) is 14.9 Å². The largest absolute Gasteiger partial charge is 0.340 e. The lowest BCUT2D eigenvalue weighted by Gasteiger charge is -2.35. The van der Waals surface area contributed by atoms with Crippen molar-refractivity contribution >= 4 is 34.8 Å². The van der Waals surface area contributed by atoms with Gasteiger partial charge in [0.1, 0.15) is 11.4 Å². The Morgan fingerprint density at radius 2 is 1.79 bits per heavy atom. The number of carbonyl (C=O) groups excluding carboxylic acids is 1. The molecule has 0 N–H and O–H groups in total. The molecule has 1 aliphatic heterocycles. The summed E-state index contributed by atoms with van der Waals surface area (Å²) in [6.45, 7) is 6.95. The van der Waals surface area contributed by atoms with E-state index in [0.29, 0.717) is 47.6 Å². The second kappa shape index (κ2) is 9.11. The number of amides is 1. The van der Waals surface area contributed by atoms with Crippen molar-refractivity contribution in [1.82, 2.24) is 19.6 Å². The van der Waals surface area contributed by atoms with Gasteiger partial charge in [-0.1, -0.05) is 29.3 Å². The number of hydrogen-bond acceptors (Lipinski definition) is 5. The lowest BCUT2D eigenvalue weighted by Crippen LogP contribution is -2.48. The SMILES string of the molecule is Cc1nn(CCC(=O)N2CCN(Cc3c(Cl)cccc3Cl)CC2)c(C)c1[N+](=O)[O-]. The molecule has 0 unspecified atom stereocenters. The van der Waals surface area contributed by atoms with Crippen LogP contribution in [0.4, 0.5) is 5.69 Å². The monoisotopic (exact) mass is 439 g/mol. The molecule has 2 aromatic rings. The van der Waals surface area contributed by atoms with Crippen LogP contribution in [0, 0.1) is 24.0 Å². The second-order valence-corrected chi connectivity index (χ2v) is 7.92. The average Bonchev–Trinajstić information content (AvgIpc) is 2.97. The Kier molecular flexibility index (Phi) is 6.77. The molecule has 0 radical (unpaired) electrons. The second-order valence-electron chi connectivity index (χ2n) is 7.11. The van der Waals surface area contributed by atoms with Gasteiger partial charge in [-0.15, -0.1) is 0 Å². The summed E-state index contributed by atoms with van der Waals surface area (Å²) in [5.74, 6) is 0.0237. The van der Waals surface area contributed by atoms with Crippen LogP contribution in [0.2, 0.25) is 10.0 Å². The van der Waals surface area contributed by atoms with Crippen LogP contribution in [0.3, 0.4) is 0 Å². The summed E-state index contributed by atoms with van der Waals surface area (Å²) in [4.78, 5) is 27.3. The molecule has 1 aliphatic rings. The number of benzene rings is 1. The Balaban J connectivity index is 1.52. The van der Waals surface area contributed by atoms with Crippen LogP contribution in [0.25, 0.3) is 0 Å². The number of halogens is 2. The molecule has 156 valence electrons. The molecule has 0 saturated carbocycles. The van der Waals surface area contributed by atoms with Crippen LogP contribution in [0.1, 0.15) is 23.4 Å². The lowest BCUT2D eigenvalue weighted by molar-refractivity contribution is -0.386. The number of rotatable bonds is 6. The van der Waals surface area contributed by atoms with Crippen molar-refractivity contribution in [2.75, 3.05) is 26.2 Å². The third-order valence-electron chi connectivity index (χ3n) is 5.23. The Labute approximate surface area is 179 Å². The first-order chi connectivity index (χ1) is 13.8. The molecule has 0 bridgehead atoms. The molecule has 29 heavy (non-hydrogen) atoms. The third-order valence-corrected chi connectivity index (χ3v) is 5.94. The number of piperazine rings is 1. The number of aromatic nitrogens is 2. The summed E-state index contributed by atoms with van der Waals surface area (Å²) >= 11 is 12.5. The van der Waals surface area contributed by atoms with E-state index in [1.807, 2.05) is 23.1 Å². The molecule has 1 aromatic carbocycles. The van der Waals surface area contributed by atoms with Crippen LogP contribution < -0.4 is 0 Å². The maximum atomic E-state index is 12.6. The zero-order chi connectivity index (χ0) is 21.1. The van der Waals surface area contributed by atoms with Crippen molar-refractivity contribution in [1.29, 1.82) is 0 Å². The molecule has 0 spiro atoms. The van der Waals surface area contributed by atoms with E-state index in [-0.39, 0.29) is 18.0 Å². The summed E-state index contributed by atoms with van der Waals surface area (Å²) < 4.78 is 1.54. The Hall–Kier alpha value is -2.16. The summed E-state index contributed by atoms with van der Waals surface area (Å²) in [6.07, 6.45) is 0.259. The summed E-state index contributed by atoms with van der Waals surface area (Å²) in [6, 6.07) is 5.47. The highest BCUT2D eigenvalue weighted by Crippen LogP contribution is 2.26. The summed E-state index contributed by atoms with van der Waals surface area (Å²) in [5, 5.41) is 16.6. The van der Waals surface area contributed by atoms with E-state index < -0.39 is 4.92 Å². The smallest absolute Gasteiger partial charge is 0.312 e. The molecule has 0 aliphatic carbocycles. The van der Waals surface area contributed by atoms with Crippen molar-refractivity contribution in [3.8, 4) is 0 Å². The normalized spacial score (nSPS) is 15.0. The van der Waals surface area contributed by atoms with E-state index in [4.69, 9.17) is 23.2 Å². The molecule has 8 nitrogen and oxygen atoms in total. The lowest BCUT2D eigenvalue weighted by atomic mass is 10.2. The summed E-state index contributed by atoms with van der Waals surface area (Å²) in [5.41, 5.74) is 1.76. The third kappa shape index (κ3) is 4.88. The minimum Gasteiger partial charge on any atom is -0.340 e. The van der Waals surface area contributed by atoms with E-state index in [2.05, 4.69) is 10.00 Å². The molecule has 2 heterocycles. The van der Waals surface area contributed by atoms with Gasteiger partial charge in [0.25, 0.3) is 0 Å². The molecule has 3 rings (SSSR count). The Morgan fingerprint density at radius 3 is 2.34 bits per heavy atom. The van der Waals surface area contributed by atoms with Gasteiger partial charge in [0.2, 0.25) is 5.91 Å². The zero-order valence-corrected chi connectivity index (χ0v) is 17.9. The van der Waals surface area contributed by atoms with Gasteiger partial charge in [-0.05, 0) is 26.0 Å². The molecular formula is C19H23Cl2N5O3. The number of nitro groups is 1. The quantitative estimate of drug-likeness (QED) is 0.508. The number of nitrogens with zero attached hydrogens (tertiary/aromatic N) is 5. The van der Waals surface area contributed by atoms with Gasteiger partial charge in [-0.3, -0.25) is 24.5 Å². The van der Waals surface area contributed by atoms with Crippen LogP contribution in [-0.2, 0) is 17.9 Å². The fraction of sp³-hybridized carbons (Fsp3) is 0.474. The van der Waals surface area contributed by atoms with E-state index in [0.717, 1.165) is 18.7 Å². The molecule has 1 fully saturated rings. The van der Waals surface area contributed by atoms with Crippen molar-refractivity contribution in [3.63, 3.8) is 0 Å². The van der Waals surface area contributed by atoms with Crippen molar-refractivity contribution < 1.29 is 9.72 Å². The predicted octanol–water partition coefficient (Wildman–Crippen LogP) is 3.45. The van der Waals surface area contributed by atoms with Gasteiger partial charge in [0, 0.05) is 54.8 Å². The van der Waals surface area contributed by atoms with Gasteiger partial charge in [0.15, 0.2) is 0 Å². The van der Waals surface area contributed by atoms with E-state index in [1.165, 1.54) is 0 Å². The molecule has 1 amide bonds. The number of aryl methyl sites for hydroxylation is 2. The van der Waals surface area contributed by atoms with Crippen LogP contribution in [-0.4, -0.2) is 56.6 Å². The Morgan fingerprint density at radius 1 is 1.17 bits per heavy atom. The first-order valence-corrected chi connectivity index (χ1v) is 10.1. The minimum atomic E-state index is -0.430. The maximum Gasteiger partial charge on any atom is 0.312 e. The van der Waals surface area contributed by atoms with Crippen LogP contribution in [0.15, 0.2) is 18.2 Å². The van der Waals surface area contributed by atoms with Crippen molar-refractivity contribution in [3.05, 3.63) is 55.3 Å². The van der Waals surface area contributed by atoms with Gasteiger partial charge in [-0.25, -0.2) is 0 Å². The summed E-state index contributed by atoms with van der Waals surface area (Å²) in [7, 11) is 0. The molecular weight excluding hydrogens is 417 g/mol. The van der Waals surface area contributed by atoms with Gasteiger partial charge < -0.3 is 4.90 Å². The Bertz CT molecular complexity index is 903. The first kappa shape index (κ1) is 21.5. The van der Waals surface area contributed by atoms with Crippen molar-refractivity contribution in [2.24, 2.45) is 0 Å². The fourth-order valence-electron chi connectivity index (χ4n) is 3.59. The number of hydrogen-bond donors (Lipinski definition) is 0.